The van der Waals surface area contributed by atoms with Crippen LogP contribution < -0.4 is 0 Å². The number of ether oxygens (including phenoxy) is 1. The molecule has 0 aromatic heterocycles. The number of aliphatic hydroxyl groups excluding tert-OH is 2. The maximum atomic E-state index is 10.1. The summed E-state index contributed by atoms with van der Waals surface area (Å²) in [6, 6.07) is 0. The second kappa shape index (κ2) is 6.60. The quantitative estimate of drug-likeness (QED) is 0.735. The largest absolute Gasteiger partial charge is 0.392 e. The van der Waals surface area contributed by atoms with Crippen molar-refractivity contribution in [3.8, 4) is 0 Å². The van der Waals surface area contributed by atoms with Crippen molar-refractivity contribution in [1.29, 1.82) is 0 Å². The Hall–Kier alpha value is -0.420. The Balaban J connectivity index is 1.37. The zero-order valence-electron chi connectivity index (χ0n) is 14.0. The number of hydrogen-bond acceptors (Lipinski definition) is 4. The predicted molar refractivity (Wildman–Crippen MR) is 86.6 cm³/mol. The van der Waals surface area contributed by atoms with Crippen LogP contribution in [0.15, 0.2) is 11.6 Å². The number of aliphatic hydroxyl groups is 2. The highest BCUT2D eigenvalue weighted by atomic mass is 16.5. The molecule has 4 heteroatoms. The summed E-state index contributed by atoms with van der Waals surface area (Å²) < 4.78 is 5.78. The van der Waals surface area contributed by atoms with Crippen molar-refractivity contribution in [2.45, 2.75) is 51.7 Å². The number of nitrogens with zero attached hydrogens (tertiary/aromatic N) is 1. The summed E-state index contributed by atoms with van der Waals surface area (Å²) in [4.78, 5) is 2.14. The first-order valence-corrected chi connectivity index (χ1v) is 8.82. The van der Waals surface area contributed by atoms with Crippen LogP contribution in [0.4, 0.5) is 0 Å². The number of allylic oxidation sites excluding steroid dienone is 1. The number of piperidine rings is 1. The van der Waals surface area contributed by atoms with E-state index in [1.54, 1.807) is 0 Å². The first-order chi connectivity index (χ1) is 10.5. The van der Waals surface area contributed by atoms with Crippen molar-refractivity contribution in [2.75, 3.05) is 32.8 Å². The Bertz CT molecular complexity index is 421. The minimum absolute atomic E-state index is 0.233. The Kier molecular flexibility index (Phi) is 4.93. The average molecular weight is 309 g/mol. The maximum absolute atomic E-state index is 10.1. The highest BCUT2D eigenvalue weighted by Gasteiger charge is 2.50. The SMILES string of the molecule is CC1(C)[C@H]2CC=C(COC[C@@H](O)CN3CCC[C@H](O)C3)[C@H]1C2. The van der Waals surface area contributed by atoms with Gasteiger partial charge in [0, 0.05) is 13.1 Å². The Morgan fingerprint density at radius 3 is 2.95 bits per heavy atom. The third-order valence-corrected chi connectivity index (χ3v) is 6.11. The lowest BCUT2D eigenvalue weighted by Crippen LogP contribution is -2.48. The second-order valence-corrected chi connectivity index (χ2v) is 8.05. The van der Waals surface area contributed by atoms with E-state index >= 15 is 0 Å². The Labute approximate surface area is 134 Å². The molecule has 0 aromatic carbocycles. The lowest BCUT2D eigenvalue weighted by molar-refractivity contribution is -0.0290. The van der Waals surface area contributed by atoms with Gasteiger partial charge in [-0.2, -0.15) is 0 Å². The lowest BCUT2D eigenvalue weighted by atomic mass is 9.49. The predicted octanol–water partition coefficient (Wildman–Crippen LogP) is 1.81. The van der Waals surface area contributed by atoms with Gasteiger partial charge in [0.15, 0.2) is 0 Å². The number of fused-ring (bicyclic) bond motifs is 1. The third-order valence-electron chi connectivity index (χ3n) is 6.11. The van der Waals surface area contributed by atoms with Gasteiger partial charge >= 0.3 is 0 Å². The summed E-state index contributed by atoms with van der Waals surface area (Å²) in [6.45, 7) is 8.05. The van der Waals surface area contributed by atoms with Crippen LogP contribution >= 0.6 is 0 Å². The lowest BCUT2D eigenvalue weighted by Gasteiger charge is -2.56. The van der Waals surface area contributed by atoms with Gasteiger partial charge in [0.1, 0.15) is 0 Å². The van der Waals surface area contributed by atoms with Crippen molar-refractivity contribution in [3.63, 3.8) is 0 Å². The molecule has 22 heavy (non-hydrogen) atoms. The molecule has 1 saturated heterocycles. The zero-order valence-corrected chi connectivity index (χ0v) is 14.0. The van der Waals surface area contributed by atoms with E-state index in [4.69, 9.17) is 4.74 Å². The molecule has 2 bridgehead atoms. The second-order valence-electron chi connectivity index (χ2n) is 8.05. The van der Waals surface area contributed by atoms with E-state index in [0.29, 0.717) is 37.6 Å². The van der Waals surface area contributed by atoms with Crippen LogP contribution in [0.2, 0.25) is 0 Å². The molecule has 0 unspecified atom stereocenters. The van der Waals surface area contributed by atoms with Gasteiger partial charge in [0.05, 0.1) is 25.4 Å². The van der Waals surface area contributed by atoms with Crippen molar-refractivity contribution >= 4 is 0 Å². The monoisotopic (exact) mass is 309 g/mol. The third kappa shape index (κ3) is 3.40. The number of hydrogen-bond donors (Lipinski definition) is 2. The van der Waals surface area contributed by atoms with Crippen molar-refractivity contribution in [3.05, 3.63) is 11.6 Å². The van der Waals surface area contributed by atoms with Crippen LogP contribution in [0, 0.1) is 17.3 Å². The van der Waals surface area contributed by atoms with Gasteiger partial charge < -0.3 is 14.9 Å². The first kappa shape index (κ1) is 16.4. The van der Waals surface area contributed by atoms with Crippen LogP contribution in [-0.4, -0.2) is 60.2 Å². The average Bonchev–Trinajstić information content (AvgIpc) is 2.47. The normalized spacial score (nSPS) is 35.6. The number of rotatable bonds is 6. The molecular formula is C18H31NO3. The standard InChI is InChI=1S/C18H31NO3/c1-18(2)14-6-5-13(17(18)8-14)11-22-12-16(21)10-19-7-3-4-15(20)9-19/h5,14-17,20-21H,3-4,6-12H2,1-2H3/t14-,15-,16-,17+/m0/s1. The van der Waals surface area contributed by atoms with E-state index in [2.05, 4.69) is 24.8 Å². The van der Waals surface area contributed by atoms with Gasteiger partial charge in [-0.25, -0.2) is 0 Å². The van der Waals surface area contributed by atoms with Gasteiger partial charge in [-0.15, -0.1) is 0 Å². The van der Waals surface area contributed by atoms with Crippen LogP contribution in [0.1, 0.15) is 39.5 Å². The summed E-state index contributed by atoms with van der Waals surface area (Å²) in [5.74, 6) is 1.54. The fourth-order valence-electron chi connectivity index (χ4n) is 4.50. The van der Waals surface area contributed by atoms with Gasteiger partial charge in [-0.1, -0.05) is 19.9 Å². The summed E-state index contributed by atoms with van der Waals surface area (Å²) in [7, 11) is 0. The van der Waals surface area contributed by atoms with E-state index < -0.39 is 6.10 Å². The van der Waals surface area contributed by atoms with E-state index in [-0.39, 0.29) is 6.10 Å². The fourth-order valence-corrected chi connectivity index (χ4v) is 4.50. The molecule has 2 N–H and O–H groups in total. The van der Waals surface area contributed by atoms with Gasteiger partial charge in [0.25, 0.3) is 0 Å². The Morgan fingerprint density at radius 2 is 2.27 bits per heavy atom. The van der Waals surface area contributed by atoms with E-state index in [0.717, 1.165) is 25.3 Å². The molecule has 1 saturated carbocycles. The first-order valence-electron chi connectivity index (χ1n) is 8.82. The minimum Gasteiger partial charge on any atom is -0.392 e. The summed E-state index contributed by atoms with van der Waals surface area (Å²) in [6.07, 6.45) is 6.07. The van der Waals surface area contributed by atoms with Crippen LogP contribution in [0.25, 0.3) is 0 Å². The number of likely N-dealkylation sites (tertiary alicyclic amines) is 1. The van der Waals surface area contributed by atoms with Gasteiger partial charge in [-0.3, -0.25) is 4.90 Å². The summed E-state index contributed by atoms with van der Waals surface area (Å²) in [5.41, 5.74) is 1.88. The van der Waals surface area contributed by atoms with E-state index in [1.807, 2.05) is 0 Å². The molecule has 126 valence electrons. The van der Waals surface area contributed by atoms with Crippen LogP contribution in [0.3, 0.4) is 0 Å². The molecule has 0 aromatic rings. The molecule has 4 atom stereocenters. The molecule has 0 spiro atoms. The Morgan fingerprint density at radius 1 is 1.45 bits per heavy atom. The molecule has 4 aliphatic rings. The van der Waals surface area contributed by atoms with Crippen molar-refractivity contribution in [2.24, 2.45) is 17.3 Å². The van der Waals surface area contributed by atoms with Crippen LogP contribution in [-0.2, 0) is 4.74 Å². The van der Waals surface area contributed by atoms with Gasteiger partial charge in [-0.05, 0) is 55.1 Å². The molecule has 2 fully saturated rings. The zero-order chi connectivity index (χ0) is 15.7. The molecule has 3 aliphatic carbocycles. The molecule has 4 rings (SSSR count). The molecule has 0 radical (unpaired) electrons. The molecule has 4 nitrogen and oxygen atoms in total. The van der Waals surface area contributed by atoms with Crippen molar-refractivity contribution in [1.82, 2.24) is 4.90 Å². The maximum Gasteiger partial charge on any atom is 0.0900 e. The molecule has 1 heterocycles. The van der Waals surface area contributed by atoms with E-state index in [9.17, 15) is 10.2 Å². The summed E-state index contributed by atoms with van der Waals surface area (Å²) >= 11 is 0. The molecule has 1 aliphatic heterocycles. The highest BCUT2D eigenvalue weighted by molar-refractivity contribution is 5.23. The van der Waals surface area contributed by atoms with E-state index in [1.165, 1.54) is 18.4 Å². The minimum atomic E-state index is -0.461. The summed E-state index contributed by atoms with van der Waals surface area (Å²) in [5, 5.41) is 19.8. The fraction of sp³-hybridized carbons (Fsp3) is 0.889. The highest BCUT2D eigenvalue weighted by Crippen LogP contribution is 2.59. The topological polar surface area (TPSA) is 52.9 Å². The number of β-amino-alcohol motifs (C(OH)–C–C–N with tert-alkyl or cyclic N) is 2. The smallest absolute Gasteiger partial charge is 0.0900 e. The molecule has 0 amide bonds. The molecular weight excluding hydrogens is 278 g/mol. The van der Waals surface area contributed by atoms with Gasteiger partial charge in [0.2, 0.25) is 0 Å². The van der Waals surface area contributed by atoms with Crippen LogP contribution in [0.5, 0.6) is 0 Å². The van der Waals surface area contributed by atoms with Crippen molar-refractivity contribution < 1.29 is 14.9 Å².